The Morgan fingerprint density at radius 2 is 1.53 bits per heavy atom. The molecule has 2 aromatic rings. The van der Waals surface area contributed by atoms with E-state index in [0.29, 0.717) is 5.06 Å². The van der Waals surface area contributed by atoms with Gasteiger partial charge in [0.05, 0.1) is 0 Å². The van der Waals surface area contributed by atoms with Gasteiger partial charge in [-0.1, -0.05) is 74.0 Å². The third-order valence-electron chi connectivity index (χ3n) is 3.92. The van der Waals surface area contributed by atoms with E-state index in [0.717, 1.165) is 16.7 Å². The number of benzene rings is 2. The Bertz CT molecular complexity index is 781. The Hall–Kier alpha value is -2.86. The summed E-state index contributed by atoms with van der Waals surface area (Å²) >= 11 is 0. The molecule has 2 rings (SSSR count). The molecule has 0 aliphatic carbocycles. The van der Waals surface area contributed by atoms with Crippen molar-refractivity contribution in [3.05, 3.63) is 71.3 Å². The first-order valence-electron chi connectivity index (χ1n) is 10.1. The van der Waals surface area contributed by atoms with Gasteiger partial charge in [-0.15, -0.1) is 0 Å². The number of carbonyl (C=O) groups excluding carboxylic acids is 2. The first-order chi connectivity index (χ1) is 14.2. The van der Waals surface area contributed by atoms with Crippen molar-refractivity contribution < 1.29 is 24.3 Å². The van der Waals surface area contributed by atoms with E-state index in [2.05, 4.69) is 0 Å². The van der Waals surface area contributed by atoms with Gasteiger partial charge in [-0.05, 0) is 38.8 Å². The molecule has 2 aromatic carbocycles. The van der Waals surface area contributed by atoms with Crippen molar-refractivity contribution >= 4 is 12.1 Å². The van der Waals surface area contributed by atoms with Crippen molar-refractivity contribution in [2.45, 2.75) is 66.2 Å². The molecule has 6 nitrogen and oxygen atoms in total. The SMILES string of the molecule is CC.Cc1ccc(CC(C(=O)OCc2ccccc2)N(O)C(=O)OC(C)(C)C)cc1. The number of nitrogens with zero attached hydrogens (tertiary/aromatic N) is 1. The molecule has 0 radical (unpaired) electrons. The van der Waals surface area contributed by atoms with E-state index in [-0.39, 0.29) is 13.0 Å². The summed E-state index contributed by atoms with van der Waals surface area (Å²) in [5, 5.41) is 10.7. The highest BCUT2D eigenvalue weighted by atomic mass is 16.6. The van der Waals surface area contributed by atoms with Crippen LogP contribution in [-0.4, -0.2) is 34.0 Å². The Balaban J connectivity index is 0.00000218. The fourth-order valence-electron chi connectivity index (χ4n) is 2.48. The number of rotatable bonds is 6. The zero-order chi connectivity index (χ0) is 22.7. The number of hydrogen-bond donors (Lipinski definition) is 1. The molecule has 0 fully saturated rings. The van der Waals surface area contributed by atoms with Crippen LogP contribution < -0.4 is 0 Å². The topological polar surface area (TPSA) is 76.1 Å². The van der Waals surface area contributed by atoms with Crippen LogP contribution >= 0.6 is 0 Å². The second kappa shape index (κ2) is 12.0. The van der Waals surface area contributed by atoms with E-state index in [1.165, 1.54) is 0 Å². The van der Waals surface area contributed by atoms with Crippen LogP contribution in [0.2, 0.25) is 0 Å². The third kappa shape index (κ3) is 8.66. The van der Waals surface area contributed by atoms with Gasteiger partial charge in [0.1, 0.15) is 12.2 Å². The molecule has 1 atom stereocenters. The normalized spacial score (nSPS) is 11.6. The largest absolute Gasteiger partial charge is 0.459 e. The highest BCUT2D eigenvalue weighted by Gasteiger charge is 2.33. The van der Waals surface area contributed by atoms with Gasteiger partial charge in [-0.3, -0.25) is 5.21 Å². The predicted molar refractivity (Wildman–Crippen MR) is 116 cm³/mol. The number of aryl methyl sites for hydroxylation is 1. The van der Waals surface area contributed by atoms with Crippen LogP contribution in [0.1, 0.15) is 51.3 Å². The molecular formula is C24H33NO5. The van der Waals surface area contributed by atoms with E-state index in [4.69, 9.17) is 9.47 Å². The van der Waals surface area contributed by atoms with Crippen molar-refractivity contribution in [1.29, 1.82) is 0 Å². The van der Waals surface area contributed by atoms with E-state index in [1.807, 2.05) is 75.4 Å². The number of amides is 1. The summed E-state index contributed by atoms with van der Waals surface area (Å²) in [6.45, 7) is 11.0. The van der Waals surface area contributed by atoms with Crippen LogP contribution in [0.3, 0.4) is 0 Å². The van der Waals surface area contributed by atoms with Crippen LogP contribution in [0.4, 0.5) is 4.79 Å². The number of hydroxylamine groups is 2. The van der Waals surface area contributed by atoms with Crippen molar-refractivity contribution in [2.75, 3.05) is 0 Å². The third-order valence-corrected chi connectivity index (χ3v) is 3.92. The van der Waals surface area contributed by atoms with Gasteiger partial charge in [-0.25, -0.2) is 9.59 Å². The average molecular weight is 416 g/mol. The summed E-state index contributed by atoms with van der Waals surface area (Å²) in [5.41, 5.74) is 1.86. The number of hydrogen-bond acceptors (Lipinski definition) is 5. The fourth-order valence-corrected chi connectivity index (χ4v) is 2.48. The standard InChI is InChI=1S/C22H27NO5.C2H6/c1-16-10-12-17(13-11-16)14-19(23(26)21(25)28-22(2,3)4)20(24)27-15-18-8-6-5-7-9-18;1-2/h5-13,19,26H,14-15H2,1-4H3;1-2H3. The zero-order valence-electron chi connectivity index (χ0n) is 18.7. The molecule has 164 valence electrons. The average Bonchev–Trinajstić information content (AvgIpc) is 2.72. The summed E-state index contributed by atoms with van der Waals surface area (Å²) in [5.74, 6) is -0.710. The van der Waals surface area contributed by atoms with E-state index >= 15 is 0 Å². The van der Waals surface area contributed by atoms with Gasteiger partial charge in [0.2, 0.25) is 0 Å². The highest BCUT2D eigenvalue weighted by Crippen LogP contribution is 2.16. The van der Waals surface area contributed by atoms with Gasteiger partial charge in [0.25, 0.3) is 0 Å². The van der Waals surface area contributed by atoms with Gasteiger partial charge in [0, 0.05) is 6.42 Å². The Kier molecular flexibility index (Phi) is 10.1. The van der Waals surface area contributed by atoms with Crippen LogP contribution in [0.25, 0.3) is 0 Å². The minimum absolute atomic E-state index is 0.0478. The number of ether oxygens (including phenoxy) is 2. The van der Waals surface area contributed by atoms with E-state index in [9.17, 15) is 14.8 Å². The van der Waals surface area contributed by atoms with Gasteiger partial charge < -0.3 is 9.47 Å². The van der Waals surface area contributed by atoms with E-state index < -0.39 is 23.7 Å². The molecule has 1 amide bonds. The lowest BCUT2D eigenvalue weighted by molar-refractivity contribution is -0.171. The summed E-state index contributed by atoms with van der Waals surface area (Å²) in [4.78, 5) is 24.9. The van der Waals surface area contributed by atoms with Crippen LogP contribution in [0.5, 0.6) is 0 Å². The second-order valence-electron chi connectivity index (χ2n) is 7.62. The molecule has 0 bridgehead atoms. The van der Waals surface area contributed by atoms with Crippen molar-refractivity contribution in [3.63, 3.8) is 0 Å². The summed E-state index contributed by atoms with van der Waals surface area (Å²) < 4.78 is 10.5. The minimum Gasteiger partial charge on any atom is -0.459 e. The first kappa shape index (κ1) is 25.2. The molecular weight excluding hydrogens is 382 g/mol. The van der Waals surface area contributed by atoms with Crippen LogP contribution in [0, 0.1) is 6.92 Å². The molecule has 0 spiro atoms. The molecule has 6 heteroatoms. The van der Waals surface area contributed by atoms with Crippen molar-refractivity contribution in [1.82, 2.24) is 5.06 Å². The summed E-state index contributed by atoms with van der Waals surface area (Å²) in [6, 6.07) is 15.5. The highest BCUT2D eigenvalue weighted by molar-refractivity contribution is 5.81. The Morgan fingerprint density at radius 3 is 2.07 bits per heavy atom. The Labute approximate surface area is 179 Å². The smallest absolute Gasteiger partial charge is 0.435 e. The maximum atomic E-state index is 12.7. The number of carbonyl (C=O) groups is 2. The molecule has 0 aromatic heterocycles. The molecule has 0 aliphatic heterocycles. The number of esters is 1. The molecule has 1 N–H and O–H groups in total. The van der Waals surface area contributed by atoms with Crippen molar-refractivity contribution in [2.24, 2.45) is 0 Å². The lowest BCUT2D eigenvalue weighted by Crippen LogP contribution is -2.47. The second-order valence-corrected chi connectivity index (χ2v) is 7.62. The maximum absolute atomic E-state index is 12.7. The van der Waals surface area contributed by atoms with Crippen LogP contribution in [0.15, 0.2) is 54.6 Å². The monoisotopic (exact) mass is 415 g/mol. The van der Waals surface area contributed by atoms with Crippen LogP contribution in [-0.2, 0) is 27.3 Å². The molecule has 1 unspecified atom stereocenters. The van der Waals surface area contributed by atoms with Crippen molar-refractivity contribution in [3.8, 4) is 0 Å². The summed E-state index contributed by atoms with van der Waals surface area (Å²) in [6.07, 6.45) is -0.898. The lowest BCUT2D eigenvalue weighted by Gasteiger charge is -2.28. The van der Waals surface area contributed by atoms with Gasteiger partial charge in [-0.2, -0.15) is 5.06 Å². The van der Waals surface area contributed by atoms with Gasteiger partial charge >= 0.3 is 12.1 Å². The van der Waals surface area contributed by atoms with Gasteiger partial charge in [0.15, 0.2) is 6.04 Å². The predicted octanol–water partition coefficient (Wildman–Crippen LogP) is 5.30. The lowest BCUT2D eigenvalue weighted by atomic mass is 10.0. The maximum Gasteiger partial charge on any atom is 0.435 e. The Morgan fingerprint density at radius 1 is 0.967 bits per heavy atom. The minimum atomic E-state index is -1.22. The first-order valence-corrected chi connectivity index (χ1v) is 10.1. The summed E-state index contributed by atoms with van der Waals surface area (Å²) in [7, 11) is 0. The zero-order valence-corrected chi connectivity index (χ0v) is 18.7. The quantitative estimate of drug-likeness (QED) is 0.393. The fraction of sp³-hybridized carbons (Fsp3) is 0.417. The molecule has 0 aliphatic rings. The van der Waals surface area contributed by atoms with E-state index in [1.54, 1.807) is 20.8 Å². The molecule has 0 saturated heterocycles. The molecule has 0 heterocycles. The molecule has 30 heavy (non-hydrogen) atoms. The molecule has 0 saturated carbocycles.